The Morgan fingerprint density at radius 2 is 2.42 bits per heavy atom. The largest absolute Gasteiger partial charge is 0.468 e. The Bertz CT molecular complexity index is 481. The van der Waals surface area contributed by atoms with Crippen molar-refractivity contribution in [3.8, 4) is 0 Å². The van der Waals surface area contributed by atoms with E-state index in [0.29, 0.717) is 25.0 Å². The molecule has 1 aromatic heterocycles. The number of methoxy groups -OCH3 is 1. The number of esters is 1. The lowest BCUT2D eigenvalue weighted by molar-refractivity contribution is -0.167. The van der Waals surface area contributed by atoms with Crippen molar-refractivity contribution in [2.75, 3.05) is 40.5 Å². The number of ether oxygens (including phenoxy) is 2. The van der Waals surface area contributed by atoms with Crippen LogP contribution in [0.25, 0.3) is 0 Å². The Kier molecular flexibility index (Phi) is 3.06. The van der Waals surface area contributed by atoms with E-state index in [-0.39, 0.29) is 5.97 Å². The van der Waals surface area contributed by atoms with E-state index >= 15 is 0 Å². The van der Waals surface area contributed by atoms with Crippen LogP contribution in [-0.2, 0) is 19.7 Å². The van der Waals surface area contributed by atoms with E-state index in [0.717, 1.165) is 25.2 Å². The van der Waals surface area contributed by atoms with Gasteiger partial charge < -0.3 is 19.4 Å². The normalized spacial score (nSPS) is 26.1. The number of carbonyl (C=O) groups excluding carboxylic acids is 1. The minimum Gasteiger partial charge on any atom is -0.468 e. The molecule has 2 fully saturated rings. The van der Waals surface area contributed by atoms with E-state index < -0.39 is 5.41 Å². The zero-order valence-corrected chi connectivity index (χ0v) is 11.3. The highest BCUT2D eigenvalue weighted by Gasteiger charge is 2.51. The third kappa shape index (κ3) is 1.95. The molecular weight excluding hydrogens is 246 g/mol. The predicted octanol–water partition coefficient (Wildman–Crippen LogP) is 0.270. The smallest absolute Gasteiger partial charge is 0.324 e. The third-order valence-electron chi connectivity index (χ3n) is 4.15. The van der Waals surface area contributed by atoms with E-state index in [1.165, 1.54) is 7.11 Å². The Balaban J connectivity index is 1.82. The molecule has 1 atom stereocenters. The van der Waals surface area contributed by atoms with Gasteiger partial charge >= 0.3 is 5.97 Å². The van der Waals surface area contributed by atoms with Crippen LogP contribution in [-0.4, -0.2) is 61.3 Å². The lowest BCUT2D eigenvalue weighted by Crippen LogP contribution is -2.54. The quantitative estimate of drug-likeness (QED) is 0.795. The van der Waals surface area contributed by atoms with Crippen LogP contribution < -0.4 is 0 Å². The maximum absolute atomic E-state index is 11.9. The Hall–Kier alpha value is -1.40. The topological polar surface area (TPSA) is 67.5 Å². The summed E-state index contributed by atoms with van der Waals surface area (Å²) in [6.45, 7) is 2.82. The molecule has 0 amide bonds. The summed E-state index contributed by atoms with van der Waals surface area (Å²) in [5.41, 5.74) is 0.381. The summed E-state index contributed by atoms with van der Waals surface area (Å²) < 4.78 is 10.1. The van der Waals surface area contributed by atoms with Gasteiger partial charge in [-0.25, -0.2) is 4.98 Å². The first-order valence-corrected chi connectivity index (χ1v) is 6.56. The molecule has 1 N–H and O–H groups in total. The van der Waals surface area contributed by atoms with Gasteiger partial charge in [-0.2, -0.15) is 0 Å². The average Bonchev–Trinajstić information content (AvgIpc) is 2.96. The van der Waals surface area contributed by atoms with Gasteiger partial charge in [0.2, 0.25) is 0 Å². The number of likely N-dealkylation sites (N-methyl/N-ethyl adjacent to an activating group) is 1. The number of hydrogen-bond donors (Lipinski definition) is 1. The van der Waals surface area contributed by atoms with Crippen molar-refractivity contribution in [3.63, 3.8) is 0 Å². The summed E-state index contributed by atoms with van der Waals surface area (Å²) in [6.07, 6.45) is 2.97. The second-order valence-corrected chi connectivity index (χ2v) is 5.50. The van der Waals surface area contributed by atoms with Gasteiger partial charge in [-0.05, 0) is 20.0 Å². The zero-order chi connectivity index (χ0) is 13.5. The number of imidazole rings is 1. The first-order chi connectivity index (χ1) is 9.15. The number of rotatable bonds is 3. The first-order valence-electron chi connectivity index (χ1n) is 6.56. The van der Waals surface area contributed by atoms with Crippen molar-refractivity contribution in [3.05, 3.63) is 17.7 Å². The van der Waals surface area contributed by atoms with Gasteiger partial charge in [-0.3, -0.25) is 4.79 Å². The van der Waals surface area contributed by atoms with Gasteiger partial charge in [0.25, 0.3) is 0 Å². The minimum absolute atomic E-state index is 0.275. The third-order valence-corrected chi connectivity index (χ3v) is 4.15. The van der Waals surface area contributed by atoms with Gasteiger partial charge in [0.15, 0.2) is 5.41 Å². The molecule has 0 aromatic carbocycles. The number of nitrogens with one attached hydrogen (secondary N) is 1. The molecule has 2 aliphatic heterocycles. The fourth-order valence-corrected chi connectivity index (χ4v) is 2.83. The number of aromatic nitrogens is 2. The van der Waals surface area contributed by atoms with Crippen LogP contribution >= 0.6 is 0 Å². The molecule has 0 spiro atoms. The van der Waals surface area contributed by atoms with Crippen LogP contribution in [0.15, 0.2) is 6.20 Å². The molecule has 6 heteroatoms. The number of H-pyrrole nitrogens is 1. The number of hydrogen-bond acceptors (Lipinski definition) is 5. The van der Waals surface area contributed by atoms with Crippen molar-refractivity contribution in [2.24, 2.45) is 0 Å². The van der Waals surface area contributed by atoms with E-state index in [4.69, 9.17) is 9.47 Å². The van der Waals surface area contributed by atoms with Crippen LogP contribution in [0.4, 0.5) is 0 Å². The van der Waals surface area contributed by atoms with E-state index in [1.54, 1.807) is 0 Å². The van der Waals surface area contributed by atoms with Crippen molar-refractivity contribution >= 4 is 5.97 Å². The summed E-state index contributed by atoms with van der Waals surface area (Å²) in [5, 5.41) is 0. The summed E-state index contributed by atoms with van der Waals surface area (Å²) in [4.78, 5) is 21.9. The Labute approximate surface area is 112 Å². The summed E-state index contributed by atoms with van der Waals surface area (Å²) in [6, 6.07) is 0. The van der Waals surface area contributed by atoms with Crippen molar-refractivity contribution in [1.29, 1.82) is 0 Å². The van der Waals surface area contributed by atoms with Gasteiger partial charge in [0.05, 0.1) is 20.3 Å². The number of likely N-dealkylation sites (tertiary alicyclic amines) is 1. The second-order valence-electron chi connectivity index (χ2n) is 5.50. The summed E-state index contributed by atoms with van der Waals surface area (Å²) in [7, 11) is 3.52. The van der Waals surface area contributed by atoms with Gasteiger partial charge in [-0.15, -0.1) is 0 Å². The molecular formula is C13H19N3O3. The number of aromatic amines is 1. The van der Waals surface area contributed by atoms with Crippen molar-refractivity contribution in [1.82, 2.24) is 14.9 Å². The number of nitrogens with zero attached hydrogens (tertiary/aromatic N) is 2. The molecule has 0 aliphatic carbocycles. The van der Waals surface area contributed by atoms with Crippen LogP contribution in [0.2, 0.25) is 0 Å². The summed E-state index contributed by atoms with van der Waals surface area (Å²) >= 11 is 0. The highest BCUT2D eigenvalue weighted by Crippen LogP contribution is 2.33. The molecule has 3 heterocycles. The van der Waals surface area contributed by atoms with Gasteiger partial charge in [-0.1, -0.05) is 0 Å². The van der Waals surface area contributed by atoms with Crippen LogP contribution in [0.3, 0.4) is 0 Å². The van der Waals surface area contributed by atoms with Gasteiger partial charge in [0, 0.05) is 24.4 Å². The zero-order valence-electron chi connectivity index (χ0n) is 11.3. The van der Waals surface area contributed by atoms with E-state index in [9.17, 15) is 4.79 Å². The Morgan fingerprint density at radius 1 is 1.63 bits per heavy atom. The second kappa shape index (κ2) is 4.61. The molecule has 0 radical (unpaired) electrons. The highest BCUT2D eigenvalue weighted by molar-refractivity contribution is 5.83. The maximum atomic E-state index is 11.9. The highest BCUT2D eigenvalue weighted by atomic mass is 16.5. The molecule has 19 heavy (non-hydrogen) atoms. The molecule has 104 valence electrons. The maximum Gasteiger partial charge on any atom is 0.324 e. The van der Waals surface area contributed by atoms with Crippen molar-refractivity contribution in [2.45, 2.75) is 17.8 Å². The first kappa shape index (κ1) is 12.6. The lowest BCUT2D eigenvalue weighted by Gasteiger charge is -2.36. The molecule has 1 aromatic rings. The molecule has 0 bridgehead atoms. The van der Waals surface area contributed by atoms with Crippen LogP contribution in [0.5, 0.6) is 0 Å². The van der Waals surface area contributed by atoms with Crippen LogP contribution in [0, 0.1) is 0 Å². The SMILES string of the molecule is COC(=O)C1(c2ncc(C3CCN(C)C3)[nH]2)COC1. The standard InChI is InChI=1S/C13H19N3O3/c1-16-4-3-9(6-16)10-5-14-11(15-10)13(7-19-8-13)12(17)18-2/h5,9H,3-4,6-8H2,1-2H3,(H,14,15). The molecule has 6 nitrogen and oxygen atoms in total. The van der Waals surface area contributed by atoms with E-state index in [1.807, 2.05) is 6.20 Å². The average molecular weight is 265 g/mol. The molecule has 3 rings (SSSR count). The van der Waals surface area contributed by atoms with Crippen LogP contribution in [0.1, 0.15) is 23.9 Å². The van der Waals surface area contributed by atoms with Crippen molar-refractivity contribution < 1.29 is 14.3 Å². The fourth-order valence-electron chi connectivity index (χ4n) is 2.83. The summed E-state index contributed by atoms with van der Waals surface area (Å²) in [5.74, 6) is 0.875. The molecule has 0 saturated carbocycles. The van der Waals surface area contributed by atoms with Gasteiger partial charge in [0.1, 0.15) is 5.82 Å². The number of carbonyl (C=O) groups is 1. The minimum atomic E-state index is -0.725. The molecule has 2 saturated heterocycles. The lowest BCUT2D eigenvalue weighted by atomic mass is 9.85. The predicted molar refractivity (Wildman–Crippen MR) is 68.0 cm³/mol. The molecule has 1 unspecified atom stereocenters. The van der Waals surface area contributed by atoms with E-state index in [2.05, 4.69) is 21.9 Å². The fraction of sp³-hybridized carbons (Fsp3) is 0.692. The monoisotopic (exact) mass is 265 g/mol. The molecule has 2 aliphatic rings. The Morgan fingerprint density at radius 3 is 2.95 bits per heavy atom.